The number of hydrogen-bond acceptors (Lipinski definition) is 3. The number of carboxylic acids is 1. The van der Waals surface area contributed by atoms with Gasteiger partial charge in [-0.15, -0.1) is 0 Å². The standard InChI is InChI=1S/C14H26N2O4/c1-2-3-8-12(13(18)19)15-14(20)16(9-5-10-17)11-6-4-7-11/h11-12,17H,2-10H2,1H3,(H,15,20)(H,18,19)/t12-/m0/s1. The average molecular weight is 286 g/mol. The molecule has 0 aliphatic heterocycles. The first-order chi connectivity index (χ1) is 9.60. The molecule has 0 aromatic carbocycles. The molecule has 0 unspecified atom stereocenters. The Balaban J connectivity index is 2.55. The second-order valence-corrected chi connectivity index (χ2v) is 5.34. The largest absolute Gasteiger partial charge is 0.480 e. The number of carbonyl (C=O) groups excluding carboxylic acids is 1. The van der Waals surface area contributed by atoms with E-state index in [1.165, 1.54) is 0 Å². The number of carbonyl (C=O) groups is 2. The molecular weight excluding hydrogens is 260 g/mol. The summed E-state index contributed by atoms with van der Waals surface area (Å²) in [6, 6.07) is -0.937. The second-order valence-electron chi connectivity index (χ2n) is 5.34. The van der Waals surface area contributed by atoms with Crippen LogP contribution >= 0.6 is 0 Å². The Morgan fingerprint density at radius 2 is 2.05 bits per heavy atom. The molecule has 0 aromatic heterocycles. The molecule has 1 aliphatic carbocycles. The fourth-order valence-corrected chi connectivity index (χ4v) is 2.29. The van der Waals surface area contributed by atoms with E-state index in [1.54, 1.807) is 4.90 Å². The number of urea groups is 1. The first kappa shape index (κ1) is 16.8. The highest BCUT2D eigenvalue weighted by molar-refractivity contribution is 5.82. The highest BCUT2D eigenvalue weighted by atomic mass is 16.4. The zero-order chi connectivity index (χ0) is 15.0. The summed E-state index contributed by atoms with van der Waals surface area (Å²) >= 11 is 0. The number of nitrogens with one attached hydrogen (secondary N) is 1. The van der Waals surface area contributed by atoms with Crippen molar-refractivity contribution >= 4 is 12.0 Å². The molecule has 1 saturated carbocycles. The number of amides is 2. The van der Waals surface area contributed by atoms with Crippen LogP contribution in [-0.2, 0) is 4.79 Å². The summed E-state index contributed by atoms with van der Waals surface area (Å²) in [5.41, 5.74) is 0. The van der Waals surface area contributed by atoms with Crippen molar-refractivity contribution in [2.24, 2.45) is 0 Å². The lowest BCUT2D eigenvalue weighted by Gasteiger charge is -2.38. The van der Waals surface area contributed by atoms with Crippen molar-refractivity contribution in [1.82, 2.24) is 10.2 Å². The maximum absolute atomic E-state index is 12.2. The molecule has 0 spiro atoms. The van der Waals surface area contributed by atoms with Crippen molar-refractivity contribution in [1.29, 1.82) is 0 Å². The summed E-state index contributed by atoms with van der Waals surface area (Å²) in [5.74, 6) is -0.984. The smallest absolute Gasteiger partial charge is 0.326 e. The number of rotatable bonds is 9. The van der Waals surface area contributed by atoms with Crippen LogP contribution in [0.3, 0.4) is 0 Å². The van der Waals surface area contributed by atoms with Crippen molar-refractivity contribution in [3.8, 4) is 0 Å². The Bertz CT molecular complexity index is 318. The molecule has 116 valence electrons. The molecule has 3 N–H and O–H groups in total. The molecule has 0 heterocycles. The van der Waals surface area contributed by atoms with E-state index in [2.05, 4.69) is 5.32 Å². The van der Waals surface area contributed by atoms with Gasteiger partial charge in [0.15, 0.2) is 0 Å². The van der Waals surface area contributed by atoms with E-state index >= 15 is 0 Å². The monoisotopic (exact) mass is 286 g/mol. The molecule has 2 amide bonds. The molecule has 6 nitrogen and oxygen atoms in total. The lowest BCUT2D eigenvalue weighted by Crippen LogP contribution is -2.53. The molecule has 1 atom stereocenters. The normalized spacial score (nSPS) is 16.3. The number of aliphatic hydroxyl groups excluding tert-OH is 1. The van der Waals surface area contributed by atoms with E-state index in [4.69, 9.17) is 10.2 Å². The maximum atomic E-state index is 12.2. The Morgan fingerprint density at radius 1 is 1.35 bits per heavy atom. The van der Waals surface area contributed by atoms with Crippen molar-refractivity contribution in [3.63, 3.8) is 0 Å². The van der Waals surface area contributed by atoms with Gasteiger partial charge in [0.1, 0.15) is 6.04 Å². The molecule has 0 radical (unpaired) electrons. The predicted octanol–water partition coefficient (Wildman–Crippen LogP) is 1.58. The number of aliphatic hydroxyl groups is 1. The quantitative estimate of drug-likeness (QED) is 0.600. The minimum atomic E-state index is -0.984. The molecular formula is C14H26N2O4. The van der Waals surface area contributed by atoms with Crippen LogP contribution in [0, 0.1) is 0 Å². The van der Waals surface area contributed by atoms with E-state index < -0.39 is 12.0 Å². The third kappa shape index (κ3) is 5.00. The zero-order valence-corrected chi connectivity index (χ0v) is 12.2. The van der Waals surface area contributed by atoms with Gasteiger partial charge in [-0.25, -0.2) is 9.59 Å². The van der Waals surface area contributed by atoms with Crippen LogP contribution in [0.25, 0.3) is 0 Å². The fraction of sp³-hybridized carbons (Fsp3) is 0.857. The van der Waals surface area contributed by atoms with E-state index in [-0.39, 0.29) is 18.7 Å². The number of hydrogen-bond donors (Lipinski definition) is 3. The van der Waals surface area contributed by atoms with Crippen LogP contribution in [0.1, 0.15) is 51.9 Å². The molecule has 0 bridgehead atoms. The van der Waals surface area contributed by atoms with Gasteiger partial charge >= 0.3 is 12.0 Å². The molecule has 20 heavy (non-hydrogen) atoms. The molecule has 0 saturated heterocycles. The van der Waals surface area contributed by atoms with Crippen LogP contribution in [0.5, 0.6) is 0 Å². The summed E-state index contributed by atoms with van der Waals surface area (Å²) in [5, 5.41) is 20.7. The van der Waals surface area contributed by atoms with Crippen molar-refractivity contribution in [2.75, 3.05) is 13.2 Å². The van der Waals surface area contributed by atoms with Crippen LogP contribution in [0.2, 0.25) is 0 Å². The van der Waals surface area contributed by atoms with Gasteiger partial charge in [0.05, 0.1) is 0 Å². The number of aliphatic carboxylic acids is 1. The lowest BCUT2D eigenvalue weighted by atomic mass is 9.91. The second kappa shape index (κ2) is 8.79. The van der Waals surface area contributed by atoms with Gasteiger partial charge in [0.25, 0.3) is 0 Å². The van der Waals surface area contributed by atoms with Gasteiger partial charge in [0, 0.05) is 19.2 Å². The van der Waals surface area contributed by atoms with Gasteiger partial charge < -0.3 is 20.4 Å². The highest BCUT2D eigenvalue weighted by Gasteiger charge is 2.30. The van der Waals surface area contributed by atoms with E-state index in [0.717, 1.165) is 32.1 Å². The predicted molar refractivity (Wildman–Crippen MR) is 75.5 cm³/mol. The summed E-state index contributed by atoms with van der Waals surface area (Å²) in [7, 11) is 0. The van der Waals surface area contributed by atoms with E-state index in [1.807, 2.05) is 6.92 Å². The Morgan fingerprint density at radius 3 is 2.50 bits per heavy atom. The Labute approximate surface area is 120 Å². The van der Waals surface area contributed by atoms with Gasteiger partial charge in [-0.1, -0.05) is 19.8 Å². The SMILES string of the molecule is CCCC[C@H](NC(=O)N(CCCO)C1CCC1)C(=O)O. The van der Waals surface area contributed by atoms with Gasteiger partial charge in [-0.05, 0) is 32.1 Å². The Hall–Kier alpha value is -1.30. The van der Waals surface area contributed by atoms with Crippen molar-refractivity contribution < 1.29 is 19.8 Å². The Kier molecular flexibility index (Phi) is 7.36. The minimum Gasteiger partial charge on any atom is -0.480 e. The van der Waals surface area contributed by atoms with Gasteiger partial charge in [-0.3, -0.25) is 0 Å². The summed E-state index contributed by atoms with van der Waals surface area (Å²) < 4.78 is 0. The number of nitrogens with zero attached hydrogens (tertiary/aromatic N) is 1. The molecule has 1 rings (SSSR count). The first-order valence-corrected chi connectivity index (χ1v) is 7.51. The van der Waals surface area contributed by atoms with Gasteiger partial charge in [0.2, 0.25) is 0 Å². The zero-order valence-electron chi connectivity index (χ0n) is 12.2. The summed E-state index contributed by atoms with van der Waals surface area (Å²) in [6.45, 7) is 2.50. The molecule has 1 fully saturated rings. The maximum Gasteiger partial charge on any atom is 0.326 e. The topological polar surface area (TPSA) is 89.9 Å². The first-order valence-electron chi connectivity index (χ1n) is 7.51. The van der Waals surface area contributed by atoms with Crippen molar-refractivity contribution in [2.45, 2.75) is 64.0 Å². The molecule has 0 aromatic rings. The lowest BCUT2D eigenvalue weighted by molar-refractivity contribution is -0.139. The van der Waals surface area contributed by atoms with Crippen LogP contribution in [-0.4, -0.2) is 52.3 Å². The highest BCUT2D eigenvalue weighted by Crippen LogP contribution is 2.25. The van der Waals surface area contributed by atoms with Crippen LogP contribution < -0.4 is 5.32 Å². The average Bonchev–Trinajstić information content (AvgIpc) is 2.36. The third-order valence-electron chi connectivity index (χ3n) is 3.78. The van der Waals surface area contributed by atoms with Crippen molar-refractivity contribution in [3.05, 3.63) is 0 Å². The van der Waals surface area contributed by atoms with E-state index in [9.17, 15) is 9.59 Å². The molecule has 6 heteroatoms. The third-order valence-corrected chi connectivity index (χ3v) is 3.78. The van der Waals surface area contributed by atoms with E-state index in [0.29, 0.717) is 19.4 Å². The number of carboxylic acid groups (broad SMARTS) is 1. The van der Waals surface area contributed by atoms with Crippen LogP contribution in [0.4, 0.5) is 4.79 Å². The minimum absolute atomic E-state index is 0.0364. The number of unbranched alkanes of at least 4 members (excludes halogenated alkanes) is 1. The summed E-state index contributed by atoms with van der Waals surface area (Å²) in [4.78, 5) is 25.1. The fourth-order valence-electron chi connectivity index (χ4n) is 2.29. The van der Waals surface area contributed by atoms with Gasteiger partial charge in [-0.2, -0.15) is 0 Å². The summed E-state index contributed by atoms with van der Waals surface area (Å²) in [6.07, 6.45) is 5.68. The molecule has 1 aliphatic rings. The van der Waals surface area contributed by atoms with Crippen LogP contribution in [0.15, 0.2) is 0 Å².